The number of hydrogen-bond acceptors (Lipinski definition) is 8. The zero-order valence-electron chi connectivity index (χ0n) is 14.4. The monoisotopic (exact) mass is 436 g/mol. The second kappa shape index (κ2) is 7.79. The quantitative estimate of drug-likeness (QED) is 0.577. The summed E-state index contributed by atoms with van der Waals surface area (Å²) >= 11 is 4.96. The van der Waals surface area contributed by atoms with Gasteiger partial charge in [0.1, 0.15) is 5.82 Å². The number of thiazole rings is 1. The van der Waals surface area contributed by atoms with Crippen LogP contribution in [0, 0.1) is 0 Å². The number of rotatable bonds is 6. The summed E-state index contributed by atoms with van der Waals surface area (Å²) in [7, 11) is 4.70. The minimum atomic E-state index is 0.417. The number of nitrogens with zero attached hydrogens (tertiary/aromatic N) is 3. The second-order valence-electron chi connectivity index (χ2n) is 5.09. The Morgan fingerprint density at radius 1 is 1.08 bits per heavy atom. The lowest BCUT2D eigenvalue weighted by Gasteiger charge is -2.18. The van der Waals surface area contributed by atoms with Crippen molar-refractivity contribution in [3.05, 3.63) is 36.5 Å². The van der Waals surface area contributed by atoms with E-state index < -0.39 is 0 Å². The summed E-state index contributed by atoms with van der Waals surface area (Å²) in [6.45, 7) is 0. The van der Waals surface area contributed by atoms with Crippen LogP contribution in [0.4, 0.5) is 16.6 Å². The topological polar surface area (TPSA) is 82.7 Å². The van der Waals surface area contributed by atoms with Crippen molar-refractivity contribution in [1.29, 1.82) is 0 Å². The highest BCUT2D eigenvalue weighted by Crippen LogP contribution is 2.45. The summed E-state index contributed by atoms with van der Waals surface area (Å²) in [5.41, 5.74) is 7.62. The van der Waals surface area contributed by atoms with E-state index in [-0.39, 0.29) is 0 Å². The Morgan fingerprint density at radius 3 is 2.31 bits per heavy atom. The van der Waals surface area contributed by atoms with E-state index in [0.717, 1.165) is 16.3 Å². The first kappa shape index (κ1) is 18.3. The molecule has 9 heteroatoms. The summed E-state index contributed by atoms with van der Waals surface area (Å²) < 4.78 is 17.9. The molecule has 0 aliphatic heterocycles. The fourth-order valence-corrected chi connectivity index (χ4v) is 3.76. The Balaban J connectivity index is 2.01. The zero-order valence-corrected chi connectivity index (χ0v) is 16.8. The van der Waals surface area contributed by atoms with Crippen molar-refractivity contribution in [2.45, 2.75) is 0 Å². The zero-order chi connectivity index (χ0) is 18.7. The molecule has 0 saturated heterocycles. The summed E-state index contributed by atoms with van der Waals surface area (Å²) in [5.74, 6) is 2.02. The molecular formula is C17H17BrN4O3S. The lowest BCUT2D eigenvalue weighted by molar-refractivity contribution is 0.324. The van der Waals surface area contributed by atoms with Crippen molar-refractivity contribution in [2.75, 3.05) is 31.0 Å². The van der Waals surface area contributed by atoms with Crippen LogP contribution in [-0.4, -0.2) is 31.3 Å². The molecule has 7 nitrogen and oxygen atoms in total. The van der Waals surface area contributed by atoms with Crippen LogP contribution in [0.3, 0.4) is 0 Å². The Morgan fingerprint density at radius 2 is 1.77 bits per heavy atom. The molecule has 0 atom stereocenters. The highest BCUT2D eigenvalue weighted by molar-refractivity contribution is 9.10. The van der Waals surface area contributed by atoms with Crippen LogP contribution in [-0.2, 0) is 0 Å². The number of nitrogens with two attached hydrogens (primary N) is 1. The fourth-order valence-electron chi connectivity index (χ4n) is 2.38. The van der Waals surface area contributed by atoms with Crippen LogP contribution in [0.1, 0.15) is 0 Å². The first-order valence-corrected chi connectivity index (χ1v) is 9.05. The van der Waals surface area contributed by atoms with Gasteiger partial charge in [-0.05, 0) is 12.1 Å². The highest BCUT2D eigenvalue weighted by atomic mass is 79.9. The number of pyridine rings is 1. The molecule has 1 aromatic carbocycles. The summed E-state index contributed by atoms with van der Waals surface area (Å²) in [4.78, 5) is 9.58. The van der Waals surface area contributed by atoms with Gasteiger partial charge in [-0.1, -0.05) is 17.4 Å². The van der Waals surface area contributed by atoms with Crippen LogP contribution in [0.15, 0.2) is 36.5 Å². The average Bonchev–Trinajstić information content (AvgIpc) is 3.08. The predicted molar refractivity (Wildman–Crippen MR) is 107 cm³/mol. The molecule has 2 heterocycles. The number of anilines is 3. The van der Waals surface area contributed by atoms with Crippen LogP contribution in [0.25, 0.3) is 10.6 Å². The van der Waals surface area contributed by atoms with E-state index in [1.54, 1.807) is 31.5 Å². The molecule has 0 saturated carbocycles. The van der Waals surface area contributed by atoms with Crippen molar-refractivity contribution in [3.63, 3.8) is 0 Å². The molecule has 3 aromatic rings. The van der Waals surface area contributed by atoms with Crippen LogP contribution in [0.2, 0.25) is 0 Å². The first-order valence-electron chi connectivity index (χ1n) is 7.52. The van der Waals surface area contributed by atoms with Gasteiger partial charge in [0, 0.05) is 18.3 Å². The Bertz CT molecular complexity index is 879. The van der Waals surface area contributed by atoms with E-state index in [1.165, 1.54) is 11.3 Å². The van der Waals surface area contributed by atoms with E-state index in [1.807, 2.05) is 30.3 Å². The van der Waals surface area contributed by atoms with Gasteiger partial charge >= 0.3 is 0 Å². The number of hydrogen-bond donors (Lipinski definition) is 1. The first-order chi connectivity index (χ1) is 12.6. The third-order valence-electron chi connectivity index (χ3n) is 3.58. The summed E-state index contributed by atoms with van der Waals surface area (Å²) in [6.07, 6.45) is 1.72. The Hall–Kier alpha value is -2.52. The molecule has 0 aliphatic rings. The average molecular weight is 437 g/mol. The van der Waals surface area contributed by atoms with Crippen molar-refractivity contribution in [2.24, 2.45) is 0 Å². The molecule has 0 fully saturated rings. The van der Waals surface area contributed by atoms with Crippen molar-refractivity contribution in [1.82, 2.24) is 9.97 Å². The van der Waals surface area contributed by atoms with Gasteiger partial charge in [0.2, 0.25) is 10.9 Å². The van der Waals surface area contributed by atoms with Crippen LogP contribution >= 0.6 is 27.5 Å². The molecule has 136 valence electrons. The molecule has 0 bridgehead atoms. The molecule has 3 rings (SSSR count). The van der Waals surface area contributed by atoms with Crippen LogP contribution < -0.4 is 23.9 Å². The van der Waals surface area contributed by atoms with Gasteiger partial charge in [0.05, 0.1) is 53.7 Å². The smallest absolute Gasteiger partial charge is 0.203 e. The summed E-state index contributed by atoms with van der Waals surface area (Å²) in [5, 5.41) is 0.650. The Labute approximate surface area is 163 Å². The lowest BCUT2D eigenvalue weighted by Crippen LogP contribution is -2.03. The number of benzene rings is 1. The number of nitrogen functional groups attached to an aromatic ring is 1. The van der Waals surface area contributed by atoms with E-state index in [0.29, 0.717) is 28.2 Å². The molecule has 0 unspecified atom stereocenters. The van der Waals surface area contributed by atoms with E-state index in [2.05, 4.69) is 26.1 Å². The molecule has 2 N–H and O–H groups in total. The maximum absolute atomic E-state index is 6.09. The summed E-state index contributed by atoms with van der Waals surface area (Å²) in [6, 6.07) is 9.29. The molecule has 0 spiro atoms. The van der Waals surface area contributed by atoms with E-state index >= 15 is 0 Å². The van der Waals surface area contributed by atoms with Gasteiger partial charge in [-0.2, -0.15) is 0 Å². The molecule has 26 heavy (non-hydrogen) atoms. The number of methoxy groups -OCH3 is 3. The molecule has 0 amide bonds. The SMILES string of the molecule is COc1cc(N(Br)c2nc(N)c(-c3ccccn3)s2)cc(OC)c1OC. The molecule has 0 radical (unpaired) electrons. The normalized spacial score (nSPS) is 10.5. The molecule has 2 aromatic heterocycles. The third-order valence-corrected chi connectivity index (χ3v) is 5.64. The Kier molecular flexibility index (Phi) is 5.48. The minimum Gasteiger partial charge on any atom is -0.493 e. The minimum absolute atomic E-state index is 0.417. The van der Waals surface area contributed by atoms with Gasteiger partial charge in [-0.25, -0.2) is 4.98 Å². The molecule has 0 aliphatic carbocycles. The maximum atomic E-state index is 6.09. The third kappa shape index (κ3) is 3.40. The van der Waals surface area contributed by atoms with Crippen LogP contribution in [0.5, 0.6) is 17.2 Å². The van der Waals surface area contributed by atoms with Gasteiger partial charge in [-0.3, -0.25) is 8.91 Å². The van der Waals surface area contributed by atoms with Crippen molar-refractivity contribution in [3.8, 4) is 27.8 Å². The van der Waals surface area contributed by atoms with Gasteiger partial charge < -0.3 is 19.9 Å². The van der Waals surface area contributed by atoms with E-state index in [9.17, 15) is 0 Å². The molecular weight excluding hydrogens is 420 g/mol. The number of ether oxygens (including phenoxy) is 3. The highest BCUT2D eigenvalue weighted by Gasteiger charge is 2.20. The lowest BCUT2D eigenvalue weighted by atomic mass is 10.2. The maximum Gasteiger partial charge on any atom is 0.203 e. The van der Waals surface area contributed by atoms with Gasteiger partial charge in [-0.15, -0.1) is 0 Å². The van der Waals surface area contributed by atoms with E-state index in [4.69, 9.17) is 19.9 Å². The van der Waals surface area contributed by atoms with Gasteiger partial charge in [0.15, 0.2) is 11.5 Å². The van der Waals surface area contributed by atoms with Crippen molar-refractivity contribution < 1.29 is 14.2 Å². The van der Waals surface area contributed by atoms with Crippen molar-refractivity contribution >= 4 is 44.1 Å². The number of aromatic nitrogens is 2. The standard InChI is InChI=1S/C17H17BrN4O3S/c1-23-12-8-10(9-13(24-2)14(12)25-3)22(18)17-21-16(19)15(26-17)11-6-4-5-7-20-11/h4-9H,19H2,1-3H3. The largest absolute Gasteiger partial charge is 0.493 e. The second-order valence-corrected chi connectivity index (χ2v) is 6.78. The number of halogens is 1. The predicted octanol–water partition coefficient (Wildman–Crippen LogP) is 4.26. The fraction of sp³-hybridized carbons (Fsp3) is 0.176. The van der Waals surface area contributed by atoms with Gasteiger partial charge in [0.25, 0.3) is 0 Å².